The summed E-state index contributed by atoms with van der Waals surface area (Å²) >= 11 is 0. The summed E-state index contributed by atoms with van der Waals surface area (Å²) in [5.41, 5.74) is -0.247. The Balaban J connectivity index is 1.76. The highest BCUT2D eigenvalue weighted by Crippen LogP contribution is 2.44. The van der Waals surface area contributed by atoms with Crippen LogP contribution in [0.3, 0.4) is 0 Å². The fourth-order valence-corrected chi connectivity index (χ4v) is 2.88. The zero-order chi connectivity index (χ0) is 13.9. The van der Waals surface area contributed by atoms with Crippen LogP contribution in [-0.2, 0) is 14.3 Å². The van der Waals surface area contributed by atoms with Crippen LogP contribution in [0, 0.1) is 11.3 Å². The second-order valence-corrected chi connectivity index (χ2v) is 5.76. The molecule has 2 aliphatic rings. The molecule has 0 atom stereocenters. The van der Waals surface area contributed by atoms with Crippen LogP contribution in [0.4, 0.5) is 0 Å². The van der Waals surface area contributed by atoms with E-state index in [9.17, 15) is 9.59 Å². The number of hydrogen-bond acceptors (Lipinski definition) is 3. The Bertz CT molecular complexity index is 345. The Labute approximate surface area is 113 Å². The van der Waals surface area contributed by atoms with Crippen molar-refractivity contribution in [1.82, 2.24) is 5.32 Å². The van der Waals surface area contributed by atoms with Gasteiger partial charge >= 0.3 is 5.97 Å². The first-order chi connectivity index (χ1) is 9.07. The quantitative estimate of drug-likeness (QED) is 0.688. The van der Waals surface area contributed by atoms with Crippen molar-refractivity contribution in [3.8, 4) is 0 Å². The lowest BCUT2D eigenvalue weighted by atomic mass is 9.65. The molecule has 2 N–H and O–H groups in total. The third-order valence-electron chi connectivity index (χ3n) is 4.54. The molecule has 108 valence electrons. The molecule has 0 aliphatic heterocycles. The van der Waals surface area contributed by atoms with Crippen LogP contribution in [0.2, 0.25) is 0 Å². The summed E-state index contributed by atoms with van der Waals surface area (Å²) in [5, 5.41) is 11.8. The van der Waals surface area contributed by atoms with Crippen molar-refractivity contribution in [2.75, 3.05) is 13.2 Å². The lowest BCUT2D eigenvalue weighted by Gasteiger charge is -2.43. The molecule has 2 fully saturated rings. The Morgan fingerprint density at radius 3 is 2.53 bits per heavy atom. The van der Waals surface area contributed by atoms with Crippen molar-refractivity contribution in [2.45, 2.75) is 51.5 Å². The van der Waals surface area contributed by atoms with E-state index in [1.54, 1.807) is 0 Å². The van der Waals surface area contributed by atoms with Gasteiger partial charge in [-0.25, -0.2) is 0 Å². The monoisotopic (exact) mass is 269 g/mol. The van der Waals surface area contributed by atoms with Gasteiger partial charge in [-0.3, -0.25) is 9.59 Å². The number of amides is 1. The molecule has 0 aromatic heterocycles. The minimum absolute atomic E-state index is 0.0539. The van der Waals surface area contributed by atoms with Crippen LogP contribution in [0.25, 0.3) is 0 Å². The number of hydrogen-bond donors (Lipinski definition) is 2. The summed E-state index contributed by atoms with van der Waals surface area (Å²) in [7, 11) is 0. The van der Waals surface area contributed by atoms with Crippen LogP contribution in [0.5, 0.6) is 0 Å². The van der Waals surface area contributed by atoms with E-state index in [0.717, 1.165) is 25.7 Å². The first kappa shape index (κ1) is 14.3. The molecule has 2 rings (SSSR count). The Hall–Kier alpha value is -1.10. The minimum atomic E-state index is -0.750. The molecule has 5 nitrogen and oxygen atoms in total. The lowest BCUT2D eigenvalue weighted by molar-refractivity contribution is -0.148. The highest BCUT2D eigenvalue weighted by Gasteiger charge is 2.45. The van der Waals surface area contributed by atoms with E-state index in [1.807, 2.05) is 6.92 Å². The van der Waals surface area contributed by atoms with Crippen LogP contribution >= 0.6 is 0 Å². The molecule has 19 heavy (non-hydrogen) atoms. The molecule has 0 aromatic rings. The maximum Gasteiger partial charge on any atom is 0.306 e. The van der Waals surface area contributed by atoms with Crippen molar-refractivity contribution in [1.29, 1.82) is 0 Å². The van der Waals surface area contributed by atoms with Gasteiger partial charge in [-0.2, -0.15) is 0 Å². The summed E-state index contributed by atoms with van der Waals surface area (Å²) in [6.45, 7) is 3.26. The first-order valence-electron chi connectivity index (χ1n) is 7.19. The molecule has 2 saturated carbocycles. The Morgan fingerprint density at radius 2 is 2.05 bits per heavy atom. The molecule has 0 radical (unpaired) electrons. The van der Waals surface area contributed by atoms with Crippen molar-refractivity contribution in [3.63, 3.8) is 0 Å². The summed E-state index contributed by atoms with van der Waals surface area (Å²) in [6, 6.07) is 0.0539. The molecule has 2 aliphatic carbocycles. The average Bonchev–Trinajstić information content (AvgIpc) is 2.25. The molecule has 1 amide bonds. The molecule has 0 unspecified atom stereocenters. The smallest absolute Gasteiger partial charge is 0.306 e. The number of carbonyl (C=O) groups is 2. The summed E-state index contributed by atoms with van der Waals surface area (Å²) in [4.78, 5) is 23.0. The largest absolute Gasteiger partial charge is 0.481 e. The van der Waals surface area contributed by atoms with Gasteiger partial charge in [0, 0.05) is 19.3 Å². The van der Waals surface area contributed by atoms with Gasteiger partial charge in [0.15, 0.2) is 0 Å². The number of nitrogens with one attached hydrogen (secondary N) is 1. The number of rotatable bonds is 7. The van der Waals surface area contributed by atoms with E-state index in [1.165, 1.54) is 0 Å². The highest BCUT2D eigenvalue weighted by atomic mass is 16.5. The Kier molecular flexibility index (Phi) is 4.45. The number of ether oxygens (including phenoxy) is 1. The second-order valence-electron chi connectivity index (χ2n) is 5.76. The lowest BCUT2D eigenvalue weighted by Crippen LogP contribution is -2.54. The Morgan fingerprint density at radius 1 is 1.37 bits per heavy atom. The van der Waals surface area contributed by atoms with E-state index in [4.69, 9.17) is 9.84 Å². The van der Waals surface area contributed by atoms with E-state index >= 15 is 0 Å². The van der Waals surface area contributed by atoms with Crippen LogP contribution in [0.1, 0.15) is 45.4 Å². The fraction of sp³-hybridized carbons (Fsp3) is 0.857. The number of carboxylic acids is 1. The zero-order valence-corrected chi connectivity index (χ0v) is 11.5. The van der Waals surface area contributed by atoms with E-state index in [0.29, 0.717) is 26.1 Å². The van der Waals surface area contributed by atoms with E-state index < -0.39 is 5.97 Å². The van der Waals surface area contributed by atoms with Crippen LogP contribution < -0.4 is 5.32 Å². The molecule has 0 spiro atoms. The van der Waals surface area contributed by atoms with Gasteiger partial charge in [-0.05, 0) is 39.0 Å². The summed E-state index contributed by atoms with van der Waals surface area (Å²) in [6.07, 6.45) is 4.89. The maximum atomic E-state index is 12.3. The molecule has 0 aromatic carbocycles. The first-order valence-corrected chi connectivity index (χ1v) is 7.19. The summed E-state index contributed by atoms with van der Waals surface area (Å²) in [5.74, 6) is -0.918. The second kappa shape index (κ2) is 5.90. The van der Waals surface area contributed by atoms with Crippen molar-refractivity contribution < 1.29 is 19.4 Å². The topological polar surface area (TPSA) is 75.6 Å². The maximum absolute atomic E-state index is 12.3. The molecular formula is C14H23NO4. The number of carboxylic acid groups (broad SMARTS) is 1. The highest BCUT2D eigenvalue weighted by molar-refractivity contribution is 5.84. The van der Waals surface area contributed by atoms with Crippen LogP contribution in [0.15, 0.2) is 0 Å². The molecular weight excluding hydrogens is 246 g/mol. The standard InChI is InChI=1S/C14H23NO4/c1-2-19-7-6-14(4-3-5-14)13(18)15-11-8-10(9-11)12(16)17/h10-11H,2-9H2,1H3,(H,15,18)(H,16,17). The van der Waals surface area contributed by atoms with Crippen LogP contribution in [-0.4, -0.2) is 36.2 Å². The molecule has 0 saturated heterocycles. The molecule has 5 heteroatoms. The predicted octanol–water partition coefficient (Wildman–Crippen LogP) is 1.56. The third-order valence-corrected chi connectivity index (χ3v) is 4.54. The van der Waals surface area contributed by atoms with Crippen molar-refractivity contribution in [3.05, 3.63) is 0 Å². The van der Waals surface area contributed by atoms with Crippen molar-refractivity contribution in [2.24, 2.45) is 11.3 Å². The average molecular weight is 269 g/mol. The van der Waals surface area contributed by atoms with Gasteiger partial charge in [-0.15, -0.1) is 0 Å². The minimum Gasteiger partial charge on any atom is -0.481 e. The molecule has 0 bridgehead atoms. The van der Waals surface area contributed by atoms with E-state index in [-0.39, 0.29) is 23.3 Å². The zero-order valence-electron chi connectivity index (χ0n) is 11.5. The predicted molar refractivity (Wildman–Crippen MR) is 69.7 cm³/mol. The normalized spacial score (nSPS) is 28.1. The van der Waals surface area contributed by atoms with Gasteiger partial charge in [0.05, 0.1) is 11.3 Å². The van der Waals surface area contributed by atoms with Gasteiger partial charge in [0.25, 0.3) is 0 Å². The fourth-order valence-electron chi connectivity index (χ4n) is 2.88. The third kappa shape index (κ3) is 3.08. The number of aliphatic carboxylic acids is 1. The van der Waals surface area contributed by atoms with Gasteiger partial charge in [-0.1, -0.05) is 6.42 Å². The van der Waals surface area contributed by atoms with Crippen molar-refractivity contribution >= 4 is 11.9 Å². The van der Waals surface area contributed by atoms with E-state index in [2.05, 4.69) is 5.32 Å². The number of carbonyl (C=O) groups excluding carboxylic acids is 1. The van der Waals surface area contributed by atoms with Gasteiger partial charge < -0.3 is 15.2 Å². The molecule has 0 heterocycles. The van der Waals surface area contributed by atoms with Gasteiger partial charge in [0.2, 0.25) is 5.91 Å². The summed E-state index contributed by atoms with van der Waals surface area (Å²) < 4.78 is 5.35. The SMILES string of the molecule is CCOCCC1(C(=O)NC2CC(C(=O)O)C2)CCC1. The van der Waals surface area contributed by atoms with Gasteiger partial charge in [0.1, 0.15) is 0 Å².